The molecule has 106 valence electrons. The summed E-state index contributed by atoms with van der Waals surface area (Å²) in [4.78, 5) is 2.43. The second kappa shape index (κ2) is 6.05. The standard InChI is InChI=1S/C18H22ClN/c1-14-12-20(17-10-8-16(19)9-11-17)13-15-6-4-2-3-5-7-18(14)15/h8-11H,1-7,12-13H2. The largest absolute Gasteiger partial charge is 0.363 e. The van der Waals surface area contributed by atoms with Crippen LogP contribution in [0.25, 0.3) is 0 Å². The minimum absolute atomic E-state index is 0.801. The molecule has 1 aromatic rings. The van der Waals surface area contributed by atoms with Gasteiger partial charge >= 0.3 is 0 Å². The highest BCUT2D eigenvalue weighted by Gasteiger charge is 2.22. The minimum Gasteiger partial charge on any atom is -0.363 e. The van der Waals surface area contributed by atoms with Gasteiger partial charge in [-0.1, -0.05) is 31.0 Å². The van der Waals surface area contributed by atoms with Crippen LogP contribution in [0.1, 0.15) is 38.5 Å². The summed E-state index contributed by atoms with van der Waals surface area (Å²) in [6.07, 6.45) is 7.91. The van der Waals surface area contributed by atoms with Gasteiger partial charge in [-0.3, -0.25) is 0 Å². The molecule has 0 radical (unpaired) electrons. The van der Waals surface area contributed by atoms with Gasteiger partial charge in [-0.25, -0.2) is 0 Å². The van der Waals surface area contributed by atoms with E-state index in [1.165, 1.54) is 49.8 Å². The van der Waals surface area contributed by atoms with Crippen molar-refractivity contribution >= 4 is 17.3 Å². The van der Waals surface area contributed by atoms with Crippen LogP contribution in [0, 0.1) is 0 Å². The average molecular weight is 288 g/mol. The molecule has 1 aromatic carbocycles. The second-order valence-electron chi connectivity index (χ2n) is 5.93. The molecular formula is C18H22ClN. The summed E-state index contributed by atoms with van der Waals surface area (Å²) in [5.41, 5.74) is 5.78. The topological polar surface area (TPSA) is 3.24 Å². The predicted molar refractivity (Wildman–Crippen MR) is 87.5 cm³/mol. The summed E-state index contributed by atoms with van der Waals surface area (Å²) < 4.78 is 0. The number of halogens is 1. The molecule has 1 nitrogen and oxygen atoms in total. The zero-order valence-electron chi connectivity index (χ0n) is 12.0. The summed E-state index contributed by atoms with van der Waals surface area (Å²) in [6, 6.07) is 8.18. The van der Waals surface area contributed by atoms with Crippen molar-refractivity contribution in [1.29, 1.82) is 0 Å². The van der Waals surface area contributed by atoms with Crippen molar-refractivity contribution in [2.75, 3.05) is 18.0 Å². The van der Waals surface area contributed by atoms with Gasteiger partial charge in [0.1, 0.15) is 0 Å². The van der Waals surface area contributed by atoms with Crippen molar-refractivity contribution in [2.24, 2.45) is 0 Å². The lowest BCUT2D eigenvalue weighted by Gasteiger charge is -2.35. The van der Waals surface area contributed by atoms with Crippen LogP contribution in [0.5, 0.6) is 0 Å². The molecule has 1 aliphatic heterocycles. The quantitative estimate of drug-likeness (QED) is 0.671. The van der Waals surface area contributed by atoms with Crippen LogP contribution < -0.4 is 4.90 Å². The van der Waals surface area contributed by atoms with Crippen molar-refractivity contribution in [3.05, 3.63) is 52.6 Å². The van der Waals surface area contributed by atoms with E-state index in [9.17, 15) is 0 Å². The van der Waals surface area contributed by atoms with Crippen LogP contribution in [0.2, 0.25) is 5.02 Å². The Balaban J connectivity index is 1.84. The normalized spacial score (nSPS) is 20.4. The molecule has 0 unspecified atom stereocenters. The molecule has 0 saturated carbocycles. The number of hydrogen-bond donors (Lipinski definition) is 0. The van der Waals surface area contributed by atoms with Crippen LogP contribution in [0.4, 0.5) is 5.69 Å². The lowest BCUT2D eigenvalue weighted by Crippen LogP contribution is -2.33. The summed E-state index contributed by atoms with van der Waals surface area (Å²) in [7, 11) is 0. The Kier molecular flexibility index (Phi) is 4.16. The third-order valence-electron chi connectivity index (χ3n) is 4.46. The highest BCUT2D eigenvalue weighted by atomic mass is 35.5. The van der Waals surface area contributed by atoms with Crippen molar-refractivity contribution in [1.82, 2.24) is 0 Å². The molecule has 0 aromatic heterocycles. The molecule has 0 bridgehead atoms. The maximum atomic E-state index is 5.98. The zero-order valence-corrected chi connectivity index (χ0v) is 12.8. The Bertz CT molecular complexity index is 527. The predicted octanol–water partition coefficient (Wildman–Crippen LogP) is 5.37. The van der Waals surface area contributed by atoms with E-state index in [2.05, 4.69) is 23.6 Å². The maximum Gasteiger partial charge on any atom is 0.0429 e. The van der Waals surface area contributed by atoms with E-state index in [0.717, 1.165) is 18.1 Å². The minimum atomic E-state index is 0.801. The Morgan fingerprint density at radius 1 is 0.900 bits per heavy atom. The molecular weight excluding hydrogens is 266 g/mol. The van der Waals surface area contributed by atoms with Crippen LogP contribution in [-0.2, 0) is 0 Å². The van der Waals surface area contributed by atoms with Gasteiger partial charge in [0.25, 0.3) is 0 Å². The van der Waals surface area contributed by atoms with E-state index in [1.54, 1.807) is 11.1 Å². The Hall–Kier alpha value is -1.21. The van der Waals surface area contributed by atoms with E-state index >= 15 is 0 Å². The highest BCUT2D eigenvalue weighted by Crippen LogP contribution is 2.34. The van der Waals surface area contributed by atoms with Crippen LogP contribution >= 0.6 is 11.6 Å². The molecule has 3 rings (SSSR count). The van der Waals surface area contributed by atoms with Gasteiger partial charge in [0.2, 0.25) is 0 Å². The van der Waals surface area contributed by atoms with Gasteiger partial charge in [0, 0.05) is 23.8 Å². The molecule has 2 aliphatic rings. The van der Waals surface area contributed by atoms with E-state index in [0.29, 0.717) is 0 Å². The Morgan fingerprint density at radius 3 is 2.35 bits per heavy atom. The van der Waals surface area contributed by atoms with Crippen LogP contribution in [0.15, 0.2) is 47.6 Å². The number of nitrogens with zero attached hydrogens (tertiary/aromatic N) is 1. The number of rotatable bonds is 1. The van der Waals surface area contributed by atoms with Gasteiger partial charge in [-0.15, -0.1) is 0 Å². The Morgan fingerprint density at radius 2 is 1.60 bits per heavy atom. The maximum absolute atomic E-state index is 5.98. The van der Waals surface area contributed by atoms with Crippen molar-refractivity contribution < 1.29 is 0 Å². The highest BCUT2D eigenvalue weighted by molar-refractivity contribution is 6.30. The van der Waals surface area contributed by atoms with Gasteiger partial charge in [0.15, 0.2) is 0 Å². The fourth-order valence-electron chi connectivity index (χ4n) is 3.37. The van der Waals surface area contributed by atoms with Gasteiger partial charge < -0.3 is 4.90 Å². The molecule has 1 heterocycles. The number of hydrogen-bond acceptors (Lipinski definition) is 1. The first-order chi connectivity index (χ1) is 9.74. The van der Waals surface area contributed by atoms with Gasteiger partial charge in [0.05, 0.1) is 0 Å². The molecule has 0 spiro atoms. The summed E-state index contributed by atoms with van der Waals surface area (Å²) in [5.74, 6) is 0. The molecule has 0 amide bonds. The molecule has 0 atom stereocenters. The van der Waals surface area contributed by atoms with Gasteiger partial charge in [-0.05, 0) is 66.7 Å². The summed E-state index contributed by atoms with van der Waals surface area (Å²) in [6.45, 7) is 6.36. The Labute approximate surface area is 126 Å². The number of benzene rings is 1. The molecule has 20 heavy (non-hydrogen) atoms. The van der Waals surface area contributed by atoms with Gasteiger partial charge in [-0.2, -0.15) is 0 Å². The van der Waals surface area contributed by atoms with E-state index < -0.39 is 0 Å². The first-order valence-corrected chi connectivity index (χ1v) is 8.01. The number of anilines is 1. The fraction of sp³-hybridized carbons (Fsp3) is 0.444. The first kappa shape index (κ1) is 13.8. The third-order valence-corrected chi connectivity index (χ3v) is 4.72. The lowest BCUT2D eigenvalue weighted by molar-refractivity contribution is 0.596. The van der Waals surface area contributed by atoms with E-state index in [1.807, 2.05) is 12.1 Å². The monoisotopic (exact) mass is 287 g/mol. The van der Waals surface area contributed by atoms with Crippen LogP contribution in [0.3, 0.4) is 0 Å². The fourth-order valence-corrected chi connectivity index (χ4v) is 3.50. The summed E-state index contributed by atoms with van der Waals surface area (Å²) in [5, 5.41) is 0.801. The molecule has 0 saturated heterocycles. The molecule has 2 heteroatoms. The van der Waals surface area contributed by atoms with Crippen molar-refractivity contribution in [3.63, 3.8) is 0 Å². The average Bonchev–Trinajstić information content (AvgIpc) is 2.41. The van der Waals surface area contributed by atoms with Crippen LogP contribution in [-0.4, -0.2) is 13.1 Å². The molecule has 0 fully saturated rings. The second-order valence-corrected chi connectivity index (χ2v) is 6.37. The SMILES string of the molecule is C=C1CN(c2ccc(Cl)cc2)CC2=C1CCCCCC2. The van der Waals surface area contributed by atoms with Crippen molar-refractivity contribution in [2.45, 2.75) is 38.5 Å². The smallest absolute Gasteiger partial charge is 0.0429 e. The zero-order chi connectivity index (χ0) is 13.9. The molecule has 0 N–H and O–H groups in total. The van der Waals surface area contributed by atoms with Crippen molar-refractivity contribution in [3.8, 4) is 0 Å². The third kappa shape index (κ3) is 2.93. The lowest BCUT2D eigenvalue weighted by atomic mass is 9.86. The first-order valence-electron chi connectivity index (χ1n) is 7.63. The summed E-state index contributed by atoms with van der Waals surface area (Å²) >= 11 is 5.98. The van der Waals surface area contributed by atoms with E-state index in [4.69, 9.17) is 11.6 Å². The molecule has 1 aliphatic carbocycles. The van der Waals surface area contributed by atoms with E-state index in [-0.39, 0.29) is 0 Å².